The van der Waals surface area contributed by atoms with Crippen LogP contribution in [0.5, 0.6) is 0 Å². The Kier molecular flexibility index (Phi) is 6.16. The van der Waals surface area contributed by atoms with Gasteiger partial charge in [0.05, 0.1) is 0 Å². The van der Waals surface area contributed by atoms with E-state index in [1.807, 2.05) is 12.1 Å². The SMILES string of the molecule is CC(C)CNCC1CCN(Cc2cccnc2C#N)CC1. The van der Waals surface area contributed by atoms with Crippen molar-refractivity contribution in [1.82, 2.24) is 15.2 Å². The van der Waals surface area contributed by atoms with Crippen molar-refractivity contribution in [3.8, 4) is 6.07 Å². The highest BCUT2D eigenvalue weighted by Crippen LogP contribution is 2.19. The van der Waals surface area contributed by atoms with Crippen molar-refractivity contribution >= 4 is 0 Å². The molecule has 4 heteroatoms. The molecule has 0 spiro atoms. The zero-order valence-corrected chi connectivity index (χ0v) is 13.2. The summed E-state index contributed by atoms with van der Waals surface area (Å²) >= 11 is 0. The summed E-state index contributed by atoms with van der Waals surface area (Å²) in [6, 6.07) is 6.12. The lowest BCUT2D eigenvalue weighted by molar-refractivity contribution is 0.174. The highest BCUT2D eigenvalue weighted by atomic mass is 15.1. The average Bonchev–Trinajstić information content (AvgIpc) is 2.49. The molecule has 1 saturated heterocycles. The second kappa shape index (κ2) is 8.11. The fourth-order valence-corrected chi connectivity index (χ4v) is 2.83. The van der Waals surface area contributed by atoms with E-state index in [-0.39, 0.29) is 0 Å². The predicted molar refractivity (Wildman–Crippen MR) is 84.7 cm³/mol. The van der Waals surface area contributed by atoms with Crippen molar-refractivity contribution in [3.05, 3.63) is 29.6 Å². The molecule has 0 amide bonds. The third-order valence-electron chi connectivity index (χ3n) is 4.08. The molecule has 0 aromatic carbocycles. The van der Waals surface area contributed by atoms with Crippen LogP contribution in [0.25, 0.3) is 0 Å². The van der Waals surface area contributed by atoms with E-state index in [1.165, 1.54) is 12.8 Å². The van der Waals surface area contributed by atoms with E-state index in [4.69, 9.17) is 5.26 Å². The number of aromatic nitrogens is 1. The lowest BCUT2D eigenvalue weighted by atomic mass is 9.96. The number of piperidine rings is 1. The third-order valence-corrected chi connectivity index (χ3v) is 4.08. The summed E-state index contributed by atoms with van der Waals surface area (Å²) in [5.41, 5.74) is 1.62. The van der Waals surface area contributed by atoms with Crippen molar-refractivity contribution in [2.24, 2.45) is 11.8 Å². The number of hydrogen-bond donors (Lipinski definition) is 1. The summed E-state index contributed by atoms with van der Waals surface area (Å²) < 4.78 is 0. The number of hydrogen-bond acceptors (Lipinski definition) is 4. The highest BCUT2D eigenvalue weighted by molar-refractivity contribution is 5.30. The van der Waals surface area contributed by atoms with Crippen LogP contribution in [0.1, 0.15) is 37.9 Å². The van der Waals surface area contributed by atoms with Gasteiger partial charge in [0.25, 0.3) is 0 Å². The molecule has 0 bridgehead atoms. The molecule has 0 aliphatic carbocycles. The van der Waals surface area contributed by atoms with Crippen LogP contribution < -0.4 is 5.32 Å². The second-order valence-electron chi connectivity index (χ2n) is 6.39. The highest BCUT2D eigenvalue weighted by Gasteiger charge is 2.19. The molecule has 114 valence electrons. The van der Waals surface area contributed by atoms with Crippen molar-refractivity contribution in [1.29, 1.82) is 5.26 Å². The number of likely N-dealkylation sites (tertiary alicyclic amines) is 1. The fourth-order valence-electron chi connectivity index (χ4n) is 2.83. The molecule has 2 heterocycles. The summed E-state index contributed by atoms with van der Waals surface area (Å²) in [4.78, 5) is 6.58. The summed E-state index contributed by atoms with van der Waals surface area (Å²) in [5, 5.41) is 12.7. The molecule has 1 aliphatic rings. The van der Waals surface area contributed by atoms with Crippen LogP contribution in [0.4, 0.5) is 0 Å². The van der Waals surface area contributed by atoms with Gasteiger partial charge >= 0.3 is 0 Å². The van der Waals surface area contributed by atoms with Gasteiger partial charge in [0.2, 0.25) is 0 Å². The maximum absolute atomic E-state index is 9.09. The Labute approximate surface area is 128 Å². The van der Waals surface area contributed by atoms with Crippen LogP contribution in [0.15, 0.2) is 18.3 Å². The Morgan fingerprint density at radius 3 is 2.86 bits per heavy atom. The van der Waals surface area contributed by atoms with Crippen LogP contribution in [0.2, 0.25) is 0 Å². The molecule has 1 N–H and O–H groups in total. The van der Waals surface area contributed by atoms with Crippen LogP contribution in [-0.4, -0.2) is 36.1 Å². The van der Waals surface area contributed by atoms with E-state index in [1.54, 1.807) is 6.20 Å². The smallest absolute Gasteiger partial charge is 0.144 e. The Bertz CT molecular complexity index is 470. The maximum Gasteiger partial charge on any atom is 0.144 e. The number of rotatable bonds is 6. The van der Waals surface area contributed by atoms with Gasteiger partial charge in [0, 0.05) is 18.3 Å². The quantitative estimate of drug-likeness (QED) is 0.872. The van der Waals surface area contributed by atoms with Gasteiger partial charge in [-0.05, 0) is 56.9 Å². The van der Waals surface area contributed by atoms with E-state index in [0.717, 1.165) is 50.1 Å². The molecule has 0 atom stereocenters. The van der Waals surface area contributed by atoms with Crippen molar-refractivity contribution in [3.63, 3.8) is 0 Å². The molecule has 1 aliphatic heterocycles. The maximum atomic E-state index is 9.09. The Hall–Kier alpha value is -1.44. The summed E-state index contributed by atoms with van der Waals surface area (Å²) in [6.07, 6.45) is 4.18. The molecular weight excluding hydrogens is 260 g/mol. The normalized spacial score (nSPS) is 17.0. The van der Waals surface area contributed by atoms with Crippen LogP contribution in [0.3, 0.4) is 0 Å². The van der Waals surface area contributed by atoms with E-state index in [9.17, 15) is 0 Å². The minimum Gasteiger partial charge on any atom is -0.316 e. The number of nitrogens with zero attached hydrogens (tertiary/aromatic N) is 3. The Balaban J connectivity index is 1.75. The number of pyridine rings is 1. The van der Waals surface area contributed by atoms with E-state index in [2.05, 4.69) is 35.1 Å². The second-order valence-corrected chi connectivity index (χ2v) is 6.39. The van der Waals surface area contributed by atoms with Gasteiger partial charge in [-0.2, -0.15) is 5.26 Å². The molecule has 1 aromatic heterocycles. The van der Waals surface area contributed by atoms with Gasteiger partial charge in [-0.1, -0.05) is 19.9 Å². The molecule has 0 unspecified atom stereocenters. The number of nitriles is 1. The first-order valence-corrected chi connectivity index (χ1v) is 7.96. The lowest BCUT2D eigenvalue weighted by Gasteiger charge is -2.32. The van der Waals surface area contributed by atoms with E-state index < -0.39 is 0 Å². The third kappa shape index (κ3) is 5.11. The van der Waals surface area contributed by atoms with Gasteiger partial charge in [0.1, 0.15) is 11.8 Å². The van der Waals surface area contributed by atoms with Crippen molar-refractivity contribution < 1.29 is 0 Å². The minimum absolute atomic E-state index is 0.568. The minimum atomic E-state index is 0.568. The van der Waals surface area contributed by atoms with Crippen LogP contribution in [-0.2, 0) is 6.54 Å². The van der Waals surface area contributed by atoms with Crippen molar-refractivity contribution in [2.75, 3.05) is 26.2 Å². The molecule has 4 nitrogen and oxygen atoms in total. The molecule has 1 aromatic rings. The Morgan fingerprint density at radius 2 is 2.19 bits per heavy atom. The predicted octanol–water partition coefficient (Wildman–Crippen LogP) is 2.41. The molecular formula is C17H26N4. The zero-order chi connectivity index (χ0) is 15.1. The van der Waals surface area contributed by atoms with E-state index >= 15 is 0 Å². The largest absolute Gasteiger partial charge is 0.316 e. The summed E-state index contributed by atoms with van der Waals surface area (Å²) in [6.45, 7) is 9.83. The van der Waals surface area contributed by atoms with Gasteiger partial charge in [-0.15, -0.1) is 0 Å². The topological polar surface area (TPSA) is 52.0 Å². The molecule has 2 rings (SSSR count). The molecule has 21 heavy (non-hydrogen) atoms. The van der Waals surface area contributed by atoms with Gasteiger partial charge in [-0.25, -0.2) is 4.98 Å². The Morgan fingerprint density at radius 1 is 1.43 bits per heavy atom. The number of nitrogens with one attached hydrogen (secondary N) is 1. The molecule has 0 radical (unpaired) electrons. The monoisotopic (exact) mass is 286 g/mol. The molecule has 1 fully saturated rings. The van der Waals surface area contributed by atoms with Gasteiger partial charge < -0.3 is 5.32 Å². The fraction of sp³-hybridized carbons (Fsp3) is 0.647. The summed E-state index contributed by atoms with van der Waals surface area (Å²) in [7, 11) is 0. The van der Waals surface area contributed by atoms with Crippen LogP contribution >= 0.6 is 0 Å². The van der Waals surface area contributed by atoms with Gasteiger partial charge in [-0.3, -0.25) is 4.90 Å². The summed E-state index contributed by atoms with van der Waals surface area (Å²) in [5.74, 6) is 1.52. The first-order chi connectivity index (χ1) is 10.2. The standard InChI is InChI=1S/C17H26N4/c1-14(2)11-19-12-15-5-8-21(9-6-15)13-16-4-3-7-20-17(16)10-18/h3-4,7,14-15,19H,5-6,8-9,11-13H2,1-2H3. The van der Waals surface area contributed by atoms with Crippen LogP contribution in [0, 0.1) is 23.2 Å². The van der Waals surface area contributed by atoms with Crippen molar-refractivity contribution in [2.45, 2.75) is 33.2 Å². The van der Waals surface area contributed by atoms with E-state index in [0.29, 0.717) is 5.69 Å². The zero-order valence-electron chi connectivity index (χ0n) is 13.2. The first-order valence-electron chi connectivity index (χ1n) is 7.96. The molecule has 0 saturated carbocycles. The lowest BCUT2D eigenvalue weighted by Crippen LogP contribution is -2.37. The van der Waals surface area contributed by atoms with Gasteiger partial charge in [0.15, 0.2) is 0 Å². The first kappa shape index (κ1) is 15.9. The average molecular weight is 286 g/mol.